The first kappa shape index (κ1) is 25.4. The Kier molecular flexibility index (Phi) is 6.90. The summed E-state index contributed by atoms with van der Waals surface area (Å²) in [6.07, 6.45) is -3.88. The van der Waals surface area contributed by atoms with Crippen LogP contribution in [-0.4, -0.2) is 42.6 Å². The molecule has 2 aromatic heterocycles. The van der Waals surface area contributed by atoms with Gasteiger partial charge in [0.2, 0.25) is 0 Å². The van der Waals surface area contributed by atoms with Crippen LogP contribution in [0.1, 0.15) is 24.0 Å². The molecule has 0 amide bonds. The number of rotatable bonds is 6. The van der Waals surface area contributed by atoms with Crippen molar-refractivity contribution in [2.24, 2.45) is 5.92 Å². The number of anilines is 2. The minimum absolute atomic E-state index is 0.232. The second kappa shape index (κ2) is 9.76. The number of benzene rings is 1. The van der Waals surface area contributed by atoms with Crippen molar-refractivity contribution in [3.05, 3.63) is 65.7 Å². The summed E-state index contributed by atoms with van der Waals surface area (Å²) in [6, 6.07) is 12.5. The first-order chi connectivity index (χ1) is 17.0. The second-order valence-corrected chi connectivity index (χ2v) is 10.1. The molecule has 1 fully saturated rings. The van der Waals surface area contributed by atoms with Crippen LogP contribution < -0.4 is 9.62 Å². The van der Waals surface area contributed by atoms with Gasteiger partial charge in [-0.15, -0.1) is 0 Å². The fourth-order valence-corrected chi connectivity index (χ4v) is 5.03. The summed E-state index contributed by atoms with van der Waals surface area (Å²) in [5.74, 6) is -1.24. The van der Waals surface area contributed by atoms with Crippen LogP contribution in [0.4, 0.5) is 24.8 Å². The number of aromatic nitrogens is 2. The smallest absolute Gasteiger partial charge is 0.418 e. The van der Waals surface area contributed by atoms with E-state index in [4.69, 9.17) is 5.11 Å². The Hall–Kier alpha value is -3.67. The third kappa shape index (κ3) is 5.43. The minimum atomic E-state index is -4.69. The summed E-state index contributed by atoms with van der Waals surface area (Å²) < 4.78 is 69.3. The number of pyridine rings is 2. The molecule has 3 aromatic rings. The molecule has 0 aliphatic carbocycles. The summed E-state index contributed by atoms with van der Waals surface area (Å²) >= 11 is 0. The van der Waals surface area contributed by atoms with Gasteiger partial charge in [0.1, 0.15) is 11.6 Å². The average Bonchev–Trinajstić information content (AvgIpc) is 2.83. The SMILES string of the molecule is Cc1ccccc1-c1nc(NS(=O)(=O)c2cccc(N3CCC(C(=O)O)CC3)n2)ccc1C(F)(F)F. The molecular weight excluding hydrogens is 497 g/mol. The zero-order chi connectivity index (χ0) is 26.1. The van der Waals surface area contributed by atoms with Crippen LogP contribution in [0.2, 0.25) is 0 Å². The number of nitrogens with zero attached hydrogens (tertiary/aromatic N) is 3. The van der Waals surface area contributed by atoms with Gasteiger partial charge in [-0.05, 0) is 49.6 Å². The number of hydrogen-bond acceptors (Lipinski definition) is 6. The highest BCUT2D eigenvalue weighted by atomic mass is 32.2. The molecule has 0 saturated carbocycles. The van der Waals surface area contributed by atoms with Crippen molar-refractivity contribution in [3.63, 3.8) is 0 Å². The molecule has 12 heteroatoms. The van der Waals surface area contributed by atoms with Gasteiger partial charge in [-0.2, -0.15) is 21.6 Å². The Balaban J connectivity index is 1.63. The van der Waals surface area contributed by atoms with E-state index >= 15 is 0 Å². The van der Waals surface area contributed by atoms with Crippen molar-refractivity contribution in [2.75, 3.05) is 22.7 Å². The first-order valence-corrected chi connectivity index (χ1v) is 12.6. The topological polar surface area (TPSA) is 112 Å². The van der Waals surface area contributed by atoms with E-state index in [1.165, 1.54) is 18.2 Å². The number of alkyl halides is 3. The molecule has 1 aliphatic heterocycles. The molecule has 8 nitrogen and oxygen atoms in total. The monoisotopic (exact) mass is 520 g/mol. The average molecular weight is 521 g/mol. The maximum absolute atomic E-state index is 13.7. The van der Waals surface area contributed by atoms with Gasteiger partial charge >= 0.3 is 12.1 Å². The lowest BCUT2D eigenvalue weighted by Gasteiger charge is -2.31. The van der Waals surface area contributed by atoms with Crippen LogP contribution >= 0.6 is 0 Å². The largest absolute Gasteiger partial charge is 0.481 e. The minimum Gasteiger partial charge on any atom is -0.481 e. The summed E-state index contributed by atoms with van der Waals surface area (Å²) in [5.41, 5.74) is -0.583. The van der Waals surface area contributed by atoms with Crippen molar-refractivity contribution in [3.8, 4) is 11.3 Å². The summed E-state index contributed by atoms with van der Waals surface area (Å²) in [4.78, 5) is 21.2. The van der Waals surface area contributed by atoms with E-state index in [0.29, 0.717) is 37.3 Å². The number of aliphatic carboxylic acids is 1. The van der Waals surface area contributed by atoms with Gasteiger partial charge in [0, 0.05) is 18.7 Å². The number of carboxylic acids is 1. The van der Waals surface area contributed by atoms with Crippen LogP contribution in [-0.2, 0) is 21.0 Å². The van der Waals surface area contributed by atoms with Crippen molar-refractivity contribution in [1.29, 1.82) is 0 Å². The second-order valence-electron chi connectivity index (χ2n) is 8.44. The van der Waals surface area contributed by atoms with Crippen molar-refractivity contribution >= 4 is 27.6 Å². The Morgan fingerprint density at radius 3 is 2.36 bits per heavy atom. The van der Waals surface area contributed by atoms with Gasteiger partial charge in [-0.25, -0.2) is 9.97 Å². The van der Waals surface area contributed by atoms with Crippen molar-refractivity contribution in [1.82, 2.24) is 9.97 Å². The van der Waals surface area contributed by atoms with Crippen molar-refractivity contribution in [2.45, 2.75) is 31.0 Å². The molecule has 190 valence electrons. The van der Waals surface area contributed by atoms with Gasteiger partial charge in [0.15, 0.2) is 5.03 Å². The molecule has 0 bridgehead atoms. The van der Waals surface area contributed by atoms with Crippen molar-refractivity contribution < 1.29 is 31.5 Å². The predicted octanol–water partition coefficient (Wildman–Crippen LogP) is 4.57. The number of halogens is 3. The fraction of sp³-hybridized carbons (Fsp3) is 0.292. The highest BCUT2D eigenvalue weighted by Crippen LogP contribution is 2.38. The quantitative estimate of drug-likeness (QED) is 0.490. The molecule has 1 saturated heterocycles. The third-order valence-electron chi connectivity index (χ3n) is 5.99. The van der Waals surface area contributed by atoms with E-state index < -0.39 is 33.7 Å². The predicted molar refractivity (Wildman–Crippen MR) is 127 cm³/mol. The maximum Gasteiger partial charge on any atom is 0.418 e. The number of nitrogens with one attached hydrogen (secondary N) is 1. The van der Waals surface area contributed by atoms with Gasteiger partial charge < -0.3 is 10.0 Å². The summed E-state index contributed by atoms with van der Waals surface area (Å²) in [6.45, 7) is 2.45. The lowest BCUT2D eigenvalue weighted by Crippen LogP contribution is -2.37. The Morgan fingerprint density at radius 1 is 1.03 bits per heavy atom. The first-order valence-electron chi connectivity index (χ1n) is 11.1. The van der Waals surface area contributed by atoms with Gasteiger partial charge in [0.25, 0.3) is 10.0 Å². The molecule has 0 spiro atoms. The van der Waals surface area contributed by atoms with Crippen LogP contribution in [0.25, 0.3) is 11.3 Å². The molecule has 1 aliphatic rings. The fourth-order valence-electron chi connectivity index (χ4n) is 4.06. The van der Waals surface area contributed by atoms with Crippen LogP contribution in [0, 0.1) is 12.8 Å². The van der Waals surface area contributed by atoms with Crippen LogP contribution in [0.5, 0.6) is 0 Å². The Morgan fingerprint density at radius 2 is 1.72 bits per heavy atom. The normalized spacial score (nSPS) is 15.1. The molecule has 4 rings (SSSR count). The lowest BCUT2D eigenvalue weighted by molar-refractivity contribution is -0.142. The molecular formula is C24H23F3N4O4S. The number of hydrogen-bond donors (Lipinski definition) is 2. The number of aryl methyl sites for hydroxylation is 1. The van der Waals surface area contributed by atoms with Crippen LogP contribution in [0.15, 0.2) is 59.6 Å². The number of carboxylic acid groups (broad SMARTS) is 1. The van der Waals surface area contributed by atoms with E-state index in [1.54, 1.807) is 36.1 Å². The summed E-state index contributed by atoms with van der Waals surface area (Å²) in [7, 11) is -4.28. The standard InChI is InChI=1S/C24H23F3N4O4S/c1-15-5-2-3-6-17(15)22-18(24(25,26)27)9-10-19(28-22)30-36(34,35)21-8-4-7-20(29-21)31-13-11-16(12-14-31)23(32)33/h2-10,16H,11-14H2,1H3,(H,28,30)(H,32,33). The van der Waals surface area contributed by atoms with Gasteiger partial charge in [0.05, 0.1) is 17.2 Å². The van der Waals surface area contributed by atoms with Gasteiger partial charge in [-0.3, -0.25) is 9.52 Å². The highest BCUT2D eigenvalue weighted by Gasteiger charge is 2.35. The molecule has 0 radical (unpaired) electrons. The number of sulfonamides is 1. The van der Waals surface area contributed by atoms with E-state index in [2.05, 4.69) is 14.7 Å². The maximum atomic E-state index is 13.7. The van der Waals surface area contributed by atoms with E-state index in [9.17, 15) is 26.4 Å². The molecule has 1 aromatic carbocycles. The lowest BCUT2D eigenvalue weighted by atomic mass is 9.97. The summed E-state index contributed by atoms with van der Waals surface area (Å²) in [5, 5.41) is 8.83. The Bertz CT molecular complexity index is 1390. The highest BCUT2D eigenvalue weighted by molar-refractivity contribution is 7.92. The molecule has 0 atom stereocenters. The number of piperidine rings is 1. The van der Waals surface area contributed by atoms with Gasteiger partial charge in [-0.1, -0.05) is 30.3 Å². The molecule has 0 unspecified atom stereocenters. The van der Waals surface area contributed by atoms with E-state index in [0.717, 1.165) is 12.1 Å². The molecule has 3 heterocycles. The van der Waals surface area contributed by atoms with E-state index in [-0.39, 0.29) is 22.1 Å². The third-order valence-corrected chi connectivity index (χ3v) is 7.25. The van der Waals surface area contributed by atoms with Crippen LogP contribution in [0.3, 0.4) is 0 Å². The zero-order valence-electron chi connectivity index (χ0n) is 19.2. The molecule has 36 heavy (non-hydrogen) atoms. The molecule has 2 N–H and O–H groups in total. The zero-order valence-corrected chi connectivity index (χ0v) is 20.0. The van der Waals surface area contributed by atoms with E-state index in [1.807, 2.05) is 0 Å². The Labute approximate surface area is 205 Å². The number of carbonyl (C=O) groups is 1.